The summed E-state index contributed by atoms with van der Waals surface area (Å²) in [6, 6.07) is 16.2. The van der Waals surface area contributed by atoms with Gasteiger partial charge in [0.05, 0.1) is 16.0 Å². The number of carbonyl (C=O) groups is 1. The van der Waals surface area contributed by atoms with Gasteiger partial charge in [-0.3, -0.25) is 4.79 Å². The average molecular weight is 470 g/mol. The number of rotatable bonds is 6. The monoisotopic (exact) mass is 469 g/mol. The number of nitrogens with one attached hydrogen (secondary N) is 1. The number of para-hydroxylation sites is 1. The second-order valence-corrected chi connectivity index (χ2v) is 8.43. The minimum atomic E-state index is -4.91. The molecule has 0 bridgehead atoms. The molecule has 3 aromatic carbocycles. The van der Waals surface area contributed by atoms with Crippen molar-refractivity contribution in [1.29, 1.82) is 0 Å². The van der Waals surface area contributed by atoms with E-state index in [0.29, 0.717) is 16.7 Å². The summed E-state index contributed by atoms with van der Waals surface area (Å²) >= 11 is 5.92. The standard InChI is InChI=1S/C21H15ClF3NO4S/c22-15-7-5-6-14(12-15)13-30-18-10-3-1-8-16(18)20(27)26-31(28,29)19-11-4-2-9-17(19)21(23,24)25/h1-12H,13H2,(H,26,27). The molecule has 10 heteroatoms. The predicted molar refractivity (Wildman–Crippen MR) is 108 cm³/mol. The molecule has 3 rings (SSSR count). The molecular formula is C21H15ClF3NO4S. The largest absolute Gasteiger partial charge is 0.488 e. The number of halogens is 4. The van der Waals surface area contributed by atoms with E-state index in [9.17, 15) is 26.4 Å². The molecule has 0 radical (unpaired) electrons. The highest BCUT2D eigenvalue weighted by Crippen LogP contribution is 2.34. The molecule has 5 nitrogen and oxygen atoms in total. The van der Waals surface area contributed by atoms with Crippen molar-refractivity contribution in [3.8, 4) is 5.75 Å². The molecule has 1 N–H and O–H groups in total. The number of benzene rings is 3. The van der Waals surface area contributed by atoms with Crippen LogP contribution in [0.25, 0.3) is 0 Å². The van der Waals surface area contributed by atoms with Crippen molar-refractivity contribution in [2.75, 3.05) is 0 Å². The molecule has 0 saturated heterocycles. The third-order valence-electron chi connectivity index (χ3n) is 4.12. The summed E-state index contributed by atoms with van der Waals surface area (Å²) in [5.41, 5.74) is -0.826. The quantitative estimate of drug-likeness (QED) is 0.548. The molecule has 0 saturated carbocycles. The number of sulfonamides is 1. The van der Waals surface area contributed by atoms with Crippen LogP contribution in [0.4, 0.5) is 13.2 Å². The van der Waals surface area contributed by atoms with Gasteiger partial charge in [-0.2, -0.15) is 13.2 Å². The lowest BCUT2D eigenvalue weighted by Gasteiger charge is -2.15. The van der Waals surface area contributed by atoms with Gasteiger partial charge in [0, 0.05) is 5.02 Å². The molecule has 0 heterocycles. The zero-order chi connectivity index (χ0) is 22.6. The van der Waals surface area contributed by atoms with Gasteiger partial charge in [-0.25, -0.2) is 13.1 Å². The normalized spacial score (nSPS) is 11.7. The van der Waals surface area contributed by atoms with Gasteiger partial charge in [0.2, 0.25) is 0 Å². The predicted octanol–water partition coefficient (Wildman–Crippen LogP) is 5.06. The Kier molecular flexibility index (Phi) is 6.56. The fraction of sp³-hybridized carbons (Fsp3) is 0.0952. The second-order valence-electron chi connectivity index (χ2n) is 6.34. The minimum absolute atomic E-state index is 0.0362. The van der Waals surface area contributed by atoms with Crippen molar-refractivity contribution in [3.63, 3.8) is 0 Å². The number of carbonyl (C=O) groups excluding carboxylic acids is 1. The van der Waals surface area contributed by atoms with Crippen LogP contribution >= 0.6 is 11.6 Å². The maximum atomic E-state index is 13.2. The van der Waals surface area contributed by atoms with Gasteiger partial charge in [-0.15, -0.1) is 0 Å². The smallest absolute Gasteiger partial charge is 0.417 e. The van der Waals surface area contributed by atoms with E-state index in [0.717, 1.165) is 18.2 Å². The molecule has 162 valence electrons. The summed E-state index contributed by atoms with van der Waals surface area (Å²) in [4.78, 5) is 11.6. The SMILES string of the molecule is O=C(NS(=O)(=O)c1ccccc1C(F)(F)F)c1ccccc1OCc1cccc(Cl)c1. The second kappa shape index (κ2) is 8.99. The van der Waals surface area contributed by atoms with Crippen LogP contribution in [0.15, 0.2) is 77.7 Å². The lowest BCUT2D eigenvalue weighted by Crippen LogP contribution is -2.32. The Bertz CT molecular complexity index is 1210. The number of ether oxygens (including phenoxy) is 1. The van der Waals surface area contributed by atoms with Gasteiger partial charge in [-0.1, -0.05) is 48.0 Å². The van der Waals surface area contributed by atoms with E-state index in [1.807, 2.05) is 0 Å². The van der Waals surface area contributed by atoms with Crippen LogP contribution in [-0.4, -0.2) is 14.3 Å². The zero-order valence-corrected chi connectivity index (χ0v) is 17.3. The highest BCUT2D eigenvalue weighted by molar-refractivity contribution is 7.90. The molecule has 1 amide bonds. The summed E-state index contributed by atoms with van der Waals surface area (Å²) in [6.07, 6.45) is -4.91. The highest BCUT2D eigenvalue weighted by atomic mass is 35.5. The molecule has 0 unspecified atom stereocenters. The van der Waals surface area contributed by atoms with Crippen LogP contribution in [0.3, 0.4) is 0 Å². The summed E-state index contributed by atoms with van der Waals surface area (Å²) in [5.74, 6) is -1.07. The lowest BCUT2D eigenvalue weighted by molar-refractivity contribution is -0.139. The van der Waals surface area contributed by atoms with E-state index in [2.05, 4.69) is 0 Å². The maximum Gasteiger partial charge on any atom is 0.417 e. The third kappa shape index (κ3) is 5.56. The van der Waals surface area contributed by atoms with Crippen LogP contribution in [0.1, 0.15) is 21.5 Å². The summed E-state index contributed by atoms with van der Waals surface area (Å²) in [6.45, 7) is 0.0362. The number of hydrogen-bond donors (Lipinski definition) is 1. The third-order valence-corrected chi connectivity index (χ3v) is 5.75. The first-order valence-electron chi connectivity index (χ1n) is 8.77. The number of hydrogen-bond acceptors (Lipinski definition) is 4. The molecule has 0 aromatic heterocycles. The first kappa shape index (κ1) is 22.6. The molecule has 3 aromatic rings. The first-order valence-corrected chi connectivity index (χ1v) is 10.6. The van der Waals surface area contributed by atoms with Gasteiger partial charge < -0.3 is 4.74 Å². The Hall–Kier alpha value is -3.04. The van der Waals surface area contributed by atoms with E-state index >= 15 is 0 Å². The van der Waals surface area contributed by atoms with Crippen LogP contribution in [0.2, 0.25) is 5.02 Å². The average Bonchev–Trinajstić information content (AvgIpc) is 2.71. The number of amides is 1. The Labute approximate surface area is 181 Å². The van der Waals surface area contributed by atoms with Crippen LogP contribution in [-0.2, 0) is 22.8 Å². The number of alkyl halides is 3. The van der Waals surface area contributed by atoms with E-state index < -0.39 is 32.6 Å². The van der Waals surface area contributed by atoms with Crippen molar-refractivity contribution in [3.05, 3.63) is 94.5 Å². The molecular weight excluding hydrogens is 455 g/mol. The molecule has 0 aliphatic carbocycles. The zero-order valence-electron chi connectivity index (χ0n) is 15.7. The van der Waals surface area contributed by atoms with Crippen LogP contribution < -0.4 is 9.46 Å². The summed E-state index contributed by atoms with van der Waals surface area (Å²) < 4.78 is 71.9. The minimum Gasteiger partial charge on any atom is -0.488 e. The van der Waals surface area contributed by atoms with Gasteiger partial charge in [0.1, 0.15) is 12.4 Å². The Morgan fingerprint density at radius 3 is 2.35 bits per heavy atom. The maximum absolute atomic E-state index is 13.2. The Morgan fingerprint density at radius 1 is 0.968 bits per heavy atom. The molecule has 31 heavy (non-hydrogen) atoms. The fourth-order valence-corrected chi connectivity index (χ4v) is 4.14. The van der Waals surface area contributed by atoms with Crippen molar-refractivity contribution in [2.24, 2.45) is 0 Å². The van der Waals surface area contributed by atoms with Crippen LogP contribution in [0.5, 0.6) is 5.75 Å². The van der Waals surface area contributed by atoms with Gasteiger partial charge in [0.25, 0.3) is 15.9 Å². The Balaban J connectivity index is 1.84. The summed E-state index contributed by atoms with van der Waals surface area (Å²) in [7, 11) is -4.80. The molecule has 0 spiro atoms. The van der Waals surface area contributed by atoms with Crippen molar-refractivity contribution < 1.29 is 31.1 Å². The molecule has 0 fully saturated rings. The molecule has 0 aliphatic rings. The lowest BCUT2D eigenvalue weighted by atomic mass is 10.2. The van der Waals surface area contributed by atoms with E-state index in [-0.39, 0.29) is 17.9 Å². The fourth-order valence-electron chi connectivity index (χ4n) is 2.74. The molecule has 0 atom stereocenters. The van der Waals surface area contributed by atoms with Gasteiger partial charge in [0.15, 0.2) is 0 Å². The Morgan fingerprint density at radius 2 is 1.65 bits per heavy atom. The van der Waals surface area contributed by atoms with Gasteiger partial charge >= 0.3 is 6.18 Å². The molecule has 0 aliphatic heterocycles. The van der Waals surface area contributed by atoms with Crippen LogP contribution in [0, 0.1) is 0 Å². The topological polar surface area (TPSA) is 72.5 Å². The van der Waals surface area contributed by atoms with E-state index in [4.69, 9.17) is 16.3 Å². The van der Waals surface area contributed by atoms with Crippen molar-refractivity contribution in [1.82, 2.24) is 4.72 Å². The highest BCUT2D eigenvalue weighted by Gasteiger charge is 2.37. The first-order chi connectivity index (χ1) is 14.6. The summed E-state index contributed by atoms with van der Waals surface area (Å²) in [5, 5.41) is 0.488. The van der Waals surface area contributed by atoms with Gasteiger partial charge in [-0.05, 0) is 42.0 Å². The van der Waals surface area contributed by atoms with E-state index in [1.54, 1.807) is 35.1 Å². The van der Waals surface area contributed by atoms with Crippen molar-refractivity contribution >= 4 is 27.5 Å². The van der Waals surface area contributed by atoms with E-state index in [1.165, 1.54) is 18.2 Å². The van der Waals surface area contributed by atoms with Crippen molar-refractivity contribution in [2.45, 2.75) is 17.7 Å².